The van der Waals surface area contributed by atoms with E-state index >= 15 is 0 Å². The lowest BCUT2D eigenvalue weighted by molar-refractivity contribution is -0.163. The average molecular weight is 521 g/mol. The SMILES string of the molecule is CC1(C(=O)O)C2C=CC(C2)C1C1C2CC3CC(C2)CC1C3.CC1(C2(C(=O)O)CC3C=CC2C3)CCCCC1. The predicted molar refractivity (Wildman–Crippen MR) is 147 cm³/mol. The van der Waals surface area contributed by atoms with E-state index in [0.29, 0.717) is 35.5 Å². The fourth-order valence-corrected chi connectivity index (χ4v) is 12.5. The highest BCUT2D eigenvalue weighted by molar-refractivity contribution is 5.78. The van der Waals surface area contributed by atoms with Gasteiger partial charge in [-0.1, -0.05) is 50.5 Å². The molecule has 0 saturated heterocycles. The van der Waals surface area contributed by atoms with Gasteiger partial charge in [0, 0.05) is 0 Å². The van der Waals surface area contributed by atoms with Gasteiger partial charge in [-0.15, -0.1) is 0 Å². The molecule has 0 aliphatic heterocycles. The van der Waals surface area contributed by atoms with Gasteiger partial charge in [0.1, 0.15) is 0 Å². The van der Waals surface area contributed by atoms with Crippen LogP contribution in [0.15, 0.2) is 24.3 Å². The quantitative estimate of drug-likeness (QED) is 0.374. The highest BCUT2D eigenvalue weighted by Crippen LogP contribution is 2.67. The molecule has 4 heteroatoms. The Hall–Kier alpha value is -1.58. The first-order valence-electron chi connectivity index (χ1n) is 16.0. The van der Waals surface area contributed by atoms with Crippen molar-refractivity contribution in [1.29, 1.82) is 0 Å². The number of rotatable bonds is 4. The Labute approximate surface area is 228 Å². The third-order valence-electron chi connectivity index (χ3n) is 14.0. The van der Waals surface area contributed by atoms with E-state index < -0.39 is 22.8 Å². The molecule has 0 aromatic heterocycles. The van der Waals surface area contributed by atoms with Crippen LogP contribution in [0.1, 0.15) is 97.3 Å². The summed E-state index contributed by atoms with van der Waals surface area (Å²) in [5.41, 5.74) is -0.909. The van der Waals surface area contributed by atoms with Gasteiger partial charge in [0.25, 0.3) is 0 Å². The molecular formula is C34H48O4. The molecular weight excluding hydrogens is 472 g/mol. The highest BCUT2D eigenvalue weighted by atomic mass is 16.4. The van der Waals surface area contributed by atoms with Gasteiger partial charge in [-0.2, -0.15) is 0 Å². The zero-order valence-electron chi connectivity index (χ0n) is 23.5. The summed E-state index contributed by atoms with van der Waals surface area (Å²) in [5, 5.41) is 19.9. The standard InChI is InChI=1S/C19H26O2.C15H22O2/c1-19(18(20)21)15-3-2-12(9-15)17(19)16-13-5-10-4-11(7-13)8-14(16)6-10;1-14(7-3-2-4-8-14)15(13(16)17)10-11-5-6-12(15)9-11/h2-3,10-17H,4-9H2,1H3,(H,20,21);5-6,11-12H,2-4,7-10H2,1H3,(H,16,17). The van der Waals surface area contributed by atoms with Crippen LogP contribution < -0.4 is 0 Å². The summed E-state index contributed by atoms with van der Waals surface area (Å²) in [7, 11) is 0. The lowest BCUT2D eigenvalue weighted by Gasteiger charge is -2.58. The minimum Gasteiger partial charge on any atom is -0.481 e. The Morgan fingerprint density at radius 1 is 0.711 bits per heavy atom. The van der Waals surface area contributed by atoms with Gasteiger partial charge in [0.05, 0.1) is 10.8 Å². The van der Waals surface area contributed by atoms with E-state index in [-0.39, 0.29) is 5.41 Å². The van der Waals surface area contributed by atoms with Crippen LogP contribution in [-0.2, 0) is 9.59 Å². The van der Waals surface area contributed by atoms with E-state index in [0.717, 1.165) is 55.8 Å². The second-order valence-corrected chi connectivity index (χ2v) is 15.6. The number of hydrogen-bond donors (Lipinski definition) is 2. The van der Waals surface area contributed by atoms with Crippen LogP contribution in [0.2, 0.25) is 0 Å². The summed E-state index contributed by atoms with van der Waals surface area (Å²) in [6.45, 7) is 4.31. The van der Waals surface area contributed by atoms with Gasteiger partial charge in [-0.3, -0.25) is 9.59 Å². The Kier molecular flexibility index (Phi) is 5.82. The third-order valence-corrected chi connectivity index (χ3v) is 14.0. The van der Waals surface area contributed by atoms with Gasteiger partial charge in [0.15, 0.2) is 0 Å². The average Bonchev–Trinajstić information content (AvgIpc) is 3.66. The Morgan fingerprint density at radius 2 is 1.34 bits per heavy atom. The number of carboxylic acid groups (broad SMARTS) is 2. The molecule has 0 heterocycles. The van der Waals surface area contributed by atoms with E-state index in [1.165, 1.54) is 51.4 Å². The van der Waals surface area contributed by atoms with Crippen LogP contribution in [-0.4, -0.2) is 22.2 Å². The van der Waals surface area contributed by atoms with Gasteiger partial charge in [-0.05, 0) is 136 Å². The summed E-state index contributed by atoms with van der Waals surface area (Å²) in [5.74, 6) is 5.40. The van der Waals surface area contributed by atoms with Gasteiger partial charge >= 0.3 is 11.9 Å². The molecule has 0 amide bonds. The van der Waals surface area contributed by atoms with Crippen molar-refractivity contribution >= 4 is 11.9 Å². The van der Waals surface area contributed by atoms with E-state index in [9.17, 15) is 19.8 Å². The minimum atomic E-state index is -0.529. The molecule has 208 valence electrons. The van der Waals surface area contributed by atoms with E-state index in [4.69, 9.17) is 0 Å². The number of fused-ring (bicyclic) bond motifs is 4. The highest BCUT2D eigenvalue weighted by Gasteiger charge is 2.64. The largest absolute Gasteiger partial charge is 0.481 e. The van der Waals surface area contributed by atoms with Crippen molar-refractivity contribution in [2.24, 2.45) is 75.4 Å². The Bertz CT molecular complexity index is 1020. The Morgan fingerprint density at radius 3 is 1.87 bits per heavy atom. The molecule has 7 atom stereocenters. The summed E-state index contributed by atoms with van der Waals surface area (Å²) in [6, 6.07) is 0. The van der Waals surface area contributed by atoms with E-state index in [1.807, 2.05) is 0 Å². The van der Waals surface area contributed by atoms with Crippen LogP contribution in [0.4, 0.5) is 0 Å². The van der Waals surface area contributed by atoms with Crippen molar-refractivity contribution in [2.75, 3.05) is 0 Å². The maximum atomic E-state index is 12.1. The Balaban J connectivity index is 0.000000131. The maximum Gasteiger partial charge on any atom is 0.310 e. The molecule has 9 aliphatic carbocycles. The lowest BCUT2D eigenvalue weighted by atomic mass is 9.46. The van der Waals surface area contributed by atoms with E-state index in [1.54, 1.807) is 0 Å². The number of carbonyl (C=O) groups is 2. The number of aliphatic carboxylic acids is 2. The van der Waals surface area contributed by atoms with Crippen LogP contribution in [0, 0.1) is 75.4 Å². The fourth-order valence-electron chi connectivity index (χ4n) is 12.5. The zero-order chi connectivity index (χ0) is 26.4. The fraction of sp³-hybridized carbons (Fsp3) is 0.824. The molecule has 7 fully saturated rings. The number of allylic oxidation sites excluding steroid dienone is 4. The third kappa shape index (κ3) is 3.39. The summed E-state index contributed by atoms with van der Waals surface area (Å²) in [6.07, 6.45) is 25.1. The molecule has 0 radical (unpaired) electrons. The van der Waals surface area contributed by atoms with Crippen LogP contribution in [0.3, 0.4) is 0 Å². The van der Waals surface area contributed by atoms with Gasteiger partial charge in [-0.25, -0.2) is 0 Å². The van der Waals surface area contributed by atoms with Gasteiger partial charge in [0.2, 0.25) is 0 Å². The minimum absolute atomic E-state index is 0.0290. The molecule has 0 aromatic rings. The normalized spacial score (nSPS) is 52.3. The summed E-state index contributed by atoms with van der Waals surface area (Å²) < 4.78 is 0. The summed E-state index contributed by atoms with van der Waals surface area (Å²) >= 11 is 0. The first-order valence-corrected chi connectivity index (χ1v) is 16.0. The molecule has 8 bridgehead atoms. The number of carboxylic acids is 2. The molecule has 0 aromatic carbocycles. The summed E-state index contributed by atoms with van der Waals surface area (Å²) in [4.78, 5) is 24.1. The van der Waals surface area contributed by atoms with Crippen LogP contribution in [0.5, 0.6) is 0 Å². The second kappa shape index (κ2) is 8.71. The molecule has 0 spiro atoms. The second-order valence-electron chi connectivity index (χ2n) is 15.6. The van der Waals surface area contributed by atoms with Crippen molar-refractivity contribution in [3.05, 3.63) is 24.3 Å². The first-order chi connectivity index (χ1) is 18.2. The first kappa shape index (κ1) is 25.4. The lowest BCUT2D eigenvalue weighted by Crippen LogP contribution is -2.53. The smallest absolute Gasteiger partial charge is 0.310 e. The molecule has 9 rings (SSSR count). The van der Waals surface area contributed by atoms with Gasteiger partial charge < -0.3 is 10.2 Å². The van der Waals surface area contributed by atoms with Crippen molar-refractivity contribution < 1.29 is 19.8 Å². The molecule has 4 nitrogen and oxygen atoms in total. The van der Waals surface area contributed by atoms with Crippen molar-refractivity contribution in [1.82, 2.24) is 0 Å². The predicted octanol–water partition coefficient (Wildman–Crippen LogP) is 7.60. The van der Waals surface area contributed by atoms with Crippen molar-refractivity contribution in [3.63, 3.8) is 0 Å². The van der Waals surface area contributed by atoms with Crippen LogP contribution in [0.25, 0.3) is 0 Å². The molecule has 9 aliphatic rings. The van der Waals surface area contributed by atoms with Crippen molar-refractivity contribution in [2.45, 2.75) is 97.3 Å². The van der Waals surface area contributed by atoms with Crippen molar-refractivity contribution in [3.8, 4) is 0 Å². The topological polar surface area (TPSA) is 74.6 Å². The molecule has 38 heavy (non-hydrogen) atoms. The van der Waals surface area contributed by atoms with E-state index in [2.05, 4.69) is 38.2 Å². The molecule has 7 saturated carbocycles. The number of hydrogen-bond acceptors (Lipinski definition) is 2. The monoisotopic (exact) mass is 520 g/mol. The zero-order valence-corrected chi connectivity index (χ0v) is 23.5. The molecule has 2 N–H and O–H groups in total. The molecule has 7 unspecified atom stereocenters. The van der Waals surface area contributed by atoms with Crippen LogP contribution >= 0.6 is 0 Å². The maximum absolute atomic E-state index is 12.1.